The predicted molar refractivity (Wildman–Crippen MR) is 34.7 cm³/mol. The lowest BCUT2D eigenvalue weighted by Crippen LogP contribution is -1.97. The molecule has 0 aliphatic carbocycles. The summed E-state index contributed by atoms with van der Waals surface area (Å²) in [5.41, 5.74) is 0. The lowest BCUT2D eigenvalue weighted by molar-refractivity contribution is -0.278. The minimum atomic E-state index is -0.0532. The Morgan fingerprint density at radius 2 is 2.11 bits per heavy atom. The highest BCUT2D eigenvalue weighted by molar-refractivity contribution is 7.71. The fourth-order valence-corrected chi connectivity index (χ4v) is 0.781. The summed E-state index contributed by atoms with van der Waals surface area (Å²) in [4.78, 5) is 0. The fraction of sp³-hybridized carbons (Fsp3) is 0.400. The SMILES string of the molecule is Cn1cc([O-])n(C)c1=S. The minimum absolute atomic E-state index is 0.0532. The van der Waals surface area contributed by atoms with Gasteiger partial charge in [-0.15, -0.1) is 0 Å². The van der Waals surface area contributed by atoms with Crippen molar-refractivity contribution in [2.24, 2.45) is 14.1 Å². The van der Waals surface area contributed by atoms with E-state index in [1.54, 1.807) is 18.7 Å². The van der Waals surface area contributed by atoms with Gasteiger partial charge in [-0.1, -0.05) is 0 Å². The van der Waals surface area contributed by atoms with Gasteiger partial charge in [0.1, 0.15) is 0 Å². The molecule has 0 fully saturated rings. The lowest BCUT2D eigenvalue weighted by atomic mass is 10.8. The summed E-state index contributed by atoms with van der Waals surface area (Å²) in [5, 5.41) is 10.7. The van der Waals surface area contributed by atoms with Crippen molar-refractivity contribution in [3.63, 3.8) is 0 Å². The summed E-state index contributed by atoms with van der Waals surface area (Å²) in [6, 6.07) is 0. The molecule has 4 heteroatoms. The molecule has 0 aliphatic heterocycles. The number of hydrogen-bond acceptors (Lipinski definition) is 2. The lowest BCUT2D eigenvalue weighted by Gasteiger charge is -2.01. The molecule has 9 heavy (non-hydrogen) atoms. The van der Waals surface area contributed by atoms with Crippen molar-refractivity contribution < 1.29 is 5.11 Å². The summed E-state index contributed by atoms with van der Waals surface area (Å²) in [6.45, 7) is 0. The fourth-order valence-electron chi connectivity index (χ4n) is 0.638. The summed E-state index contributed by atoms with van der Waals surface area (Å²) < 4.78 is 3.60. The smallest absolute Gasteiger partial charge is 0.178 e. The average Bonchev–Trinajstić information content (AvgIpc) is 1.98. The van der Waals surface area contributed by atoms with Gasteiger partial charge in [0, 0.05) is 20.3 Å². The summed E-state index contributed by atoms with van der Waals surface area (Å²) >= 11 is 4.84. The van der Waals surface area contributed by atoms with Crippen molar-refractivity contribution in [1.82, 2.24) is 9.13 Å². The largest absolute Gasteiger partial charge is 0.859 e. The van der Waals surface area contributed by atoms with Crippen molar-refractivity contribution >= 4 is 12.2 Å². The van der Waals surface area contributed by atoms with E-state index < -0.39 is 0 Å². The highest BCUT2D eigenvalue weighted by Crippen LogP contribution is 2.03. The van der Waals surface area contributed by atoms with Crippen molar-refractivity contribution in [2.45, 2.75) is 0 Å². The molecule has 0 bridgehead atoms. The molecule has 1 aromatic heterocycles. The Bertz CT molecular complexity index is 273. The summed E-state index contributed by atoms with van der Waals surface area (Å²) in [7, 11) is 3.41. The average molecular weight is 143 g/mol. The molecule has 1 aromatic rings. The van der Waals surface area contributed by atoms with Crippen LogP contribution in [0.5, 0.6) is 5.88 Å². The van der Waals surface area contributed by atoms with Crippen LogP contribution in [0, 0.1) is 4.77 Å². The first-order chi connectivity index (χ1) is 4.13. The second kappa shape index (κ2) is 1.88. The van der Waals surface area contributed by atoms with Crippen LogP contribution in [0.3, 0.4) is 0 Å². The van der Waals surface area contributed by atoms with Gasteiger partial charge in [-0.2, -0.15) is 0 Å². The van der Waals surface area contributed by atoms with Gasteiger partial charge in [-0.05, 0) is 18.1 Å². The standard InChI is InChI=1S/C5H8N2OS/c1-6-3-4(8)7(2)5(6)9/h3,8H,1-2H3/p-1. The van der Waals surface area contributed by atoms with E-state index in [9.17, 15) is 5.11 Å². The van der Waals surface area contributed by atoms with Gasteiger partial charge in [-0.25, -0.2) is 0 Å². The third-order valence-electron chi connectivity index (χ3n) is 1.22. The first-order valence-electron chi connectivity index (χ1n) is 2.52. The van der Waals surface area contributed by atoms with Crippen LogP contribution in [0.1, 0.15) is 0 Å². The Balaban J connectivity index is 3.48. The maximum atomic E-state index is 10.7. The Hall–Kier alpha value is -0.770. The third-order valence-corrected chi connectivity index (χ3v) is 1.79. The monoisotopic (exact) mass is 143 g/mol. The molecule has 0 atom stereocenters. The van der Waals surface area contributed by atoms with Crippen LogP contribution in [0.15, 0.2) is 6.20 Å². The van der Waals surface area contributed by atoms with Crippen LogP contribution in [0.25, 0.3) is 0 Å². The van der Waals surface area contributed by atoms with E-state index >= 15 is 0 Å². The maximum absolute atomic E-state index is 10.7. The van der Waals surface area contributed by atoms with Crippen LogP contribution in [0.4, 0.5) is 0 Å². The zero-order chi connectivity index (χ0) is 7.02. The number of nitrogens with zero attached hydrogens (tertiary/aromatic N) is 2. The van der Waals surface area contributed by atoms with Crippen LogP contribution < -0.4 is 5.11 Å². The van der Waals surface area contributed by atoms with Crippen molar-refractivity contribution in [1.29, 1.82) is 0 Å². The molecule has 0 aliphatic rings. The molecular weight excluding hydrogens is 136 g/mol. The Morgan fingerprint density at radius 1 is 1.56 bits per heavy atom. The van der Waals surface area contributed by atoms with E-state index in [1.165, 1.54) is 10.8 Å². The molecule has 0 N–H and O–H groups in total. The van der Waals surface area contributed by atoms with E-state index in [0.717, 1.165) is 0 Å². The molecule has 50 valence electrons. The van der Waals surface area contributed by atoms with Gasteiger partial charge >= 0.3 is 0 Å². The number of rotatable bonds is 0. The molecule has 0 saturated carbocycles. The molecule has 0 unspecified atom stereocenters. The first-order valence-corrected chi connectivity index (χ1v) is 2.93. The first kappa shape index (κ1) is 6.35. The van der Waals surface area contributed by atoms with Gasteiger partial charge in [-0.3, -0.25) is 0 Å². The van der Waals surface area contributed by atoms with Gasteiger partial charge < -0.3 is 14.2 Å². The van der Waals surface area contributed by atoms with Crippen molar-refractivity contribution in [3.8, 4) is 5.88 Å². The highest BCUT2D eigenvalue weighted by Gasteiger charge is 1.89. The van der Waals surface area contributed by atoms with E-state index in [0.29, 0.717) is 4.77 Å². The molecule has 0 amide bonds. The molecule has 0 radical (unpaired) electrons. The van der Waals surface area contributed by atoms with Gasteiger partial charge in [0.25, 0.3) is 0 Å². The Morgan fingerprint density at radius 3 is 2.22 bits per heavy atom. The Kier molecular flexibility index (Phi) is 1.32. The summed E-state index contributed by atoms with van der Waals surface area (Å²) in [6.07, 6.45) is 1.46. The quantitative estimate of drug-likeness (QED) is 0.485. The molecular formula is C5H7N2OS-. The third kappa shape index (κ3) is 0.853. The summed E-state index contributed by atoms with van der Waals surface area (Å²) in [5.74, 6) is -0.0532. The number of aryl methyl sites for hydroxylation is 1. The van der Waals surface area contributed by atoms with Gasteiger partial charge in [0.2, 0.25) is 0 Å². The van der Waals surface area contributed by atoms with Gasteiger partial charge in [0.15, 0.2) is 4.77 Å². The number of aromatic nitrogens is 2. The molecule has 0 aromatic carbocycles. The molecule has 0 spiro atoms. The minimum Gasteiger partial charge on any atom is -0.859 e. The maximum Gasteiger partial charge on any atom is 0.178 e. The number of hydrogen-bond donors (Lipinski definition) is 0. The predicted octanol–water partition coefficient (Wildman–Crippen LogP) is 0.167. The molecule has 3 nitrogen and oxygen atoms in total. The highest BCUT2D eigenvalue weighted by atomic mass is 32.1. The van der Waals surface area contributed by atoms with Crippen molar-refractivity contribution in [3.05, 3.63) is 11.0 Å². The number of imidazole rings is 1. The Labute approximate surface area is 58.2 Å². The van der Waals surface area contributed by atoms with Crippen molar-refractivity contribution in [2.75, 3.05) is 0 Å². The van der Waals surface area contributed by atoms with E-state index in [2.05, 4.69) is 0 Å². The van der Waals surface area contributed by atoms with Crippen LogP contribution >= 0.6 is 12.2 Å². The van der Waals surface area contributed by atoms with E-state index in [-0.39, 0.29) is 5.88 Å². The van der Waals surface area contributed by atoms with E-state index in [4.69, 9.17) is 12.2 Å². The molecule has 1 rings (SSSR count). The van der Waals surface area contributed by atoms with Crippen LogP contribution in [0.2, 0.25) is 0 Å². The second-order valence-electron chi connectivity index (χ2n) is 1.92. The molecule has 0 saturated heterocycles. The molecule has 1 heterocycles. The second-order valence-corrected chi connectivity index (χ2v) is 2.28. The van der Waals surface area contributed by atoms with E-state index in [1.807, 2.05) is 0 Å². The normalized spacial score (nSPS) is 10.0. The van der Waals surface area contributed by atoms with Crippen LogP contribution in [-0.4, -0.2) is 9.13 Å². The zero-order valence-electron chi connectivity index (χ0n) is 5.29. The zero-order valence-corrected chi connectivity index (χ0v) is 6.10. The van der Waals surface area contributed by atoms with Gasteiger partial charge in [0.05, 0.1) is 0 Å². The topological polar surface area (TPSA) is 32.9 Å². The van der Waals surface area contributed by atoms with Crippen LogP contribution in [-0.2, 0) is 14.1 Å².